The van der Waals surface area contributed by atoms with Gasteiger partial charge in [0.1, 0.15) is 77.0 Å². The van der Waals surface area contributed by atoms with Crippen molar-refractivity contribution in [2.24, 2.45) is 17.2 Å². The first kappa shape index (κ1) is 106. The van der Waals surface area contributed by atoms with E-state index in [-0.39, 0.29) is 133 Å². The van der Waals surface area contributed by atoms with Gasteiger partial charge in [0, 0.05) is 70.5 Å². The third kappa shape index (κ3) is 39.3. The number of carboxylic acid groups (broad SMARTS) is 3. The Hall–Kier alpha value is -12.4. The highest BCUT2D eigenvalue weighted by atomic mass is 35.5. The molecule has 0 unspecified atom stereocenters. The van der Waals surface area contributed by atoms with E-state index in [1.165, 1.54) is 62.4 Å². The topological polar surface area (TPSA) is 653 Å². The van der Waals surface area contributed by atoms with Crippen molar-refractivity contribution in [2.45, 2.75) is 246 Å². The number of carbonyl (C=O) groups is 18. The molecule has 23 N–H and O–H groups in total. The van der Waals surface area contributed by atoms with Gasteiger partial charge in [-0.2, -0.15) is 0 Å². The van der Waals surface area contributed by atoms with Crippen molar-refractivity contribution in [1.82, 2.24) is 68.7 Å². The SMILES string of the molecule is C[C@@]1(C(=O)N[C@H](CCC(=O)O)C(=O)O)CCC/C=C\CCC[C@](C)(NC(=O)[C@@H]2CCCN2C(=O)[C@H](CC(N)=O)NC(=O)[C@H](CCC(=O)O)NC(=O)[C@H](Cc2ccc(O)cc2)NC(=O)CNC(=O)[C@H](CC(N)=O)NC(=O)CCC(=O)NCCOCCOCCCCCCCl)C(=O)N[C@@H](Cc2ccc(O)cc2)C(=O)N[C@@H](CCCCN)C(=O)N[C@@H](Cc2ccccc2)C(=O)N1. The molecule has 1 saturated heterocycles. The minimum Gasteiger partial charge on any atom is -0.508 e. The standard InChI is InChI=1S/C86H123ClN16O25/c1-85(83(125)99-60(82(123)124)32-36-73(113)114)37-13-5-3-4-6-14-38-86(2,84(126)100-62(49-55-25-29-57(105)30-26-55)78(119)95-58(21-12-16-40-88)75(116)97-63(79(120)101-85)47-53-19-10-9-11-20-53)102-80(121)66-22-18-42-103(66)81(122)65(51-68(90)107)98-76(117)59(31-35-72(111)112)96-77(118)61(48-54-23-27-56(104)28-24-54)94-71(110)52-92-74(115)64(50-67(89)106)93-70(109)34-33-69(108)91-41-44-128-46-45-127-43-17-8-7-15-39-87/h3-4,9-11,19-20,23-30,58-66,104-105H,5-8,12-18,21-22,31-52,88H2,1-2H3,(H2,89,106)(H2,90,107)(H,91,108)(H,92,115)(H,93,109)(H,94,110)(H,95,119)(H,96,118)(H,97,116)(H,98,117)(H,99,125)(H,100,126)(H,101,120)(H,102,121)(H,111,112)(H,113,114)(H,123,124)/b4-3-/t58-,59-,60+,61-,62-,63-,64-,65-,66-,85-,86-/m0/s1. The molecule has 0 saturated carbocycles. The first-order valence-electron chi connectivity index (χ1n) is 42.7. The Balaban J connectivity index is 1.40. The number of hydrogen-bond donors (Lipinski definition) is 20. The van der Waals surface area contributed by atoms with E-state index in [2.05, 4.69) is 63.8 Å². The molecule has 0 radical (unpaired) electrons. The van der Waals surface area contributed by atoms with Gasteiger partial charge in [-0.15, -0.1) is 11.6 Å². The Labute approximate surface area is 745 Å². The molecule has 11 atom stereocenters. The van der Waals surface area contributed by atoms with Crippen molar-refractivity contribution in [3.8, 4) is 11.5 Å². The second-order valence-electron chi connectivity index (χ2n) is 31.8. The van der Waals surface area contributed by atoms with Crippen LogP contribution in [-0.2, 0) is 115 Å². The van der Waals surface area contributed by atoms with Crippen molar-refractivity contribution in [3.05, 3.63) is 108 Å². The van der Waals surface area contributed by atoms with Crippen LogP contribution in [0.2, 0.25) is 0 Å². The van der Waals surface area contributed by atoms with Crippen LogP contribution in [-0.4, -0.2) is 261 Å². The Bertz CT molecular complexity index is 4280. The number of ether oxygens (including phenoxy) is 2. The first-order valence-corrected chi connectivity index (χ1v) is 43.3. The number of alkyl halides is 1. The Morgan fingerprint density at radius 3 is 1.70 bits per heavy atom. The molecule has 704 valence electrons. The number of nitrogens with zero attached hydrogens (tertiary/aromatic N) is 1. The fourth-order valence-electron chi connectivity index (χ4n) is 14.0. The highest BCUT2D eigenvalue weighted by molar-refractivity contribution is 6.17. The van der Waals surface area contributed by atoms with Crippen LogP contribution in [0.3, 0.4) is 0 Å². The average molecular weight is 1820 g/mol. The fraction of sp³-hybridized carbons (Fsp3) is 0.558. The smallest absolute Gasteiger partial charge is 0.326 e. The minimum absolute atomic E-state index is 0.0961. The Morgan fingerprint density at radius 2 is 1.09 bits per heavy atom. The van der Waals surface area contributed by atoms with Crippen LogP contribution in [0, 0.1) is 0 Å². The number of nitrogens with one attached hydrogen (secondary N) is 12. The molecule has 3 aromatic carbocycles. The summed E-state index contributed by atoms with van der Waals surface area (Å²) in [6.07, 6.45) is 1.94. The lowest BCUT2D eigenvalue weighted by atomic mass is 9.91. The number of likely N-dealkylation sites (tertiary alicyclic amines) is 1. The Kier molecular flexibility index (Phi) is 46.4. The average Bonchev–Trinajstić information content (AvgIpc) is 1.24. The molecule has 128 heavy (non-hydrogen) atoms. The van der Waals surface area contributed by atoms with Crippen LogP contribution in [0.4, 0.5) is 0 Å². The van der Waals surface area contributed by atoms with E-state index in [9.17, 15) is 92.7 Å². The number of aromatic hydroxyl groups is 2. The zero-order valence-corrected chi connectivity index (χ0v) is 72.8. The van der Waals surface area contributed by atoms with Gasteiger partial charge in [0.2, 0.25) is 88.6 Å². The number of phenolic OH excluding ortho intramolecular Hbond substituents is 2. The van der Waals surface area contributed by atoms with Crippen molar-refractivity contribution in [2.75, 3.05) is 58.5 Å². The van der Waals surface area contributed by atoms with Crippen LogP contribution in [0.15, 0.2) is 91.0 Å². The van der Waals surface area contributed by atoms with E-state index in [1.807, 2.05) is 0 Å². The summed E-state index contributed by atoms with van der Waals surface area (Å²) in [5.74, 6) is -19.2. The number of unbranched alkanes of at least 4 members (excludes halogenated alkanes) is 4. The maximum absolute atomic E-state index is 15.4. The summed E-state index contributed by atoms with van der Waals surface area (Å²) < 4.78 is 11.0. The van der Waals surface area contributed by atoms with E-state index >= 15 is 19.2 Å². The number of halogens is 1. The Morgan fingerprint density at radius 1 is 0.539 bits per heavy atom. The van der Waals surface area contributed by atoms with Gasteiger partial charge >= 0.3 is 17.9 Å². The van der Waals surface area contributed by atoms with Gasteiger partial charge in [0.15, 0.2) is 0 Å². The lowest BCUT2D eigenvalue weighted by molar-refractivity contribution is -0.144. The molecule has 2 heterocycles. The fourth-order valence-corrected chi connectivity index (χ4v) is 14.2. The van der Waals surface area contributed by atoms with Crippen LogP contribution in [0.5, 0.6) is 11.5 Å². The molecule has 0 bridgehead atoms. The van der Waals surface area contributed by atoms with Gasteiger partial charge in [-0.3, -0.25) is 81.5 Å². The van der Waals surface area contributed by atoms with Gasteiger partial charge < -0.3 is 121 Å². The number of carboxylic acids is 3. The van der Waals surface area contributed by atoms with Gasteiger partial charge in [-0.25, -0.2) is 4.79 Å². The molecular weight excluding hydrogens is 1690 g/mol. The molecule has 0 aliphatic carbocycles. The number of aliphatic carboxylic acids is 3. The highest BCUT2D eigenvalue weighted by Crippen LogP contribution is 2.26. The van der Waals surface area contributed by atoms with E-state index in [0.29, 0.717) is 36.6 Å². The largest absolute Gasteiger partial charge is 0.508 e. The third-order valence-corrected chi connectivity index (χ3v) is 21.4. The summed E-state index contributed by atoms with van der Waals surface area (Å²) in [5.41, 5.74) is 14.2. The molecule has 5 rings (SSSR count). The predicted molar refractivity (Wildman–Crippen MR) is 462 cm³/mol. The molecule has 1 fully saturated rings. The van der Waals surface area contributed by atoms with E-state index in [0.717, 1.165) is 30.6 Å². The van der Waals surface area contributed by atoms with E-state index < -0.39 is 230 Å². The van der Waals surface area contributed by atoms with Crippen LogP contribution in [0.25, 0.3) is 0 Å². The molecule has 2 aliphatic heterocycles. The van der Waals surface area contributed by atoms with Gasteiger partial charge in [0.25, 0.3) is 0 Å². The van der Waals surface area contributed by atoms with Crippen molar-refractivity contribution in [3.63, 3.8) is 0 Å². The van der Waals surface area contributed by atoms with Crippen LogP contribution >= 0.6 is 11.6 Å². The van der Waals surface area contributed by atoms with Crippen molar-refractivity contribution >= 4 is 118 Å². The maximum atomic E-state index is 15.4. The maximum Gasteiger partial charge on any atom is 0.326 e. The molecule has 41 nitrogen and oxygen atoms in total. The predicted octanol–water partition coefficient (Wildman–Crippen LogP) is -0.806. The van der Waals surface area contributed by atoms with Crippen molar-refractivity contribution < 1.29 is 121 Å². The van der Waals surface area contributed by atoms with Crippen molar-refractivity contribution in [1.29, 1.82) is 0 Å². The molecule has 42 heteroatoms. The number of carbonyl (C=O) groups excluding carboxylic acids is 15. The molecule has 15 amide bonds. The van der Waals surface area contributed by atoms with Crippen LogP contribution < -0.4 is 81.0 Å². The van der Waals surface area contributed by atoms with E-state index in [4.69, 9.17) is 38.3 Å². The number of phenols is 2. The second kappa shape index (κ2) is 56.0. The van der Waals surface area contributed by atoms with Gasteiger partial charge in [-0.1, -0.05) is 79.6 Å². The molecule has 3 aromatic rings. The normalized spacial score (nSPS) is 19.7. The molecular formula is C86H123ClN16O25. The van der Waals surface area contributed by atoms with E-state index in [1.54, 1.807) is 42.5 Å². The summed E-state index contributed by atoms with van der Waals surface area (Å²) in [4.78, 5) is 249. The number of nitrogens with two attached hydrogens (primary N) is 3. The van der Waals surface area contributed by atoms with Crippen LogP contribution in [0.1, 0.15) is 178 Å². The quantitative estimate of drug-likeness (QED) is 0.0187. The first-order chi connectivity index (χ1) is 60.9. The minimum atomic E-state index is -2.02. The molecule has 2 aliphatic rings. The monoisotopic (exact) mass is 1810 g/mol. The highest BCUT2D eigenvalue weighted by Gasteiger charge is 2.45. The van der Waals surface area contributed by atoms with Gasteiger partial charge in [0.05, 0.1) is 39.2 Å². The molecule has 0 spiro atoms. The zero-order chi connectivity index (χ0) is 94.3. The van der Waals surface area contributed by atoms with Gasteiger partial charge in [-0.05, 0) is 158 Å². The summed E-state index contributed by atoms with van der Waals surface area (Å²) in [7, 11) is 0. The number of amides is 15. The summed E-state index contributed by atoms with van der Waals surface area (Å²) in [6, 6.07) is 4.19. The number of hydrogen-bond acceptors (Lipinski definition) is 23. The number of allylic oxidation sites excluding steroid dienone is 2. The number of primary amides is 2. The lowest BCUT2D eigenvalue weighted by Crippen LogP contribution is -2.65. The second-order valence-corrected chi connectivity index (χ2v) is 32.2. The summed E-state index contributed by atoms with van der Waals surface area (Å²) >= 11 is 5.70. The summed E-state index contributed by atoms with van der Waals surface area (Å²) in [6.45, 7) is 3.16. The zero-order valence-electron chi connectivity index (χ0n) is 72.1. The summed E-state index contributed by atoms with van der Waals surface area (Å²) in [5, 5.41) is 80.2. The third-order valence-electron chi connectivity index (χ3n) is 21.1. The number of rotatable bonds is 50. The molecule has 0 aromatic heterocycles. The lowest BCUT2D eigenvalue weighted by Gasteiger charge is -2.35. The number of benzene rings is 3.